The highest BCUT2D eigenvalue weighted by Gasteiger charge is 2.25. The van der Waals surface area contributed by atoms with Crippen LogP contribution in [0.25, 0.3) is 6.08 Å². The van der Waals surface area contributed by atoms with E-state index >= 15 is 0 Å². The van der Waals surface area contributed by atoms with Crippen LogP contribution >= 0.6 is 0 Å². The molecule has 0 saturated carbocycles. The summed E-state index contributed by atoms with van der Waals surface area (Å²) in [5.74, 6) is 0.729. The molecule has 1 aliphatic heterocycles. The Hall–Kier alpha value is -3.61. The van der Waals surface area contributed by atoms with Crippen molar-refractivity contribution in [2.45, 2.75) is 6.92 Å². The van der Waals surface area contributed by atoms with Gasteiger partial charge < -0.3 is 18.9 Å². The number of carbonyl (C=O) groups excluding carboxylic acids is 2. The molecule has 1 aliphatic rings. The van der Waals surface area contributed by atoms with Crippen LogP contribution in [0.4, 0.5) is 0 Å². The fourth-order valence-electron chi connectivity index (χ4n) is 2.46. The van der Waals surface area contributed by atoms with Crippen LogP contribution in [0.2, 0.25) is 0 Å². The molecule has 0 N–H and O–H groups in total. The molecule has 7 heteroatoms. The molecule has 0 fully saturated rings. The van der Waals surface area contributed by atoms with Crippen molar-refractivity contribution in [3.8, 4) is 17.2 Å². The molecule has 0 aromatic heterocycles. The Bertz CT molecular complexity index is 943. The molecule has 0 bridgehead atoms. The Morgan fingerprint density at radius 1 is 1.04 bits per heavy atom. The molecule has 0 aliphatic carbocycles. The van der Waals surface area contributed by atoms with Gasteiger partial charge in [-0.3, -0.25) is 4.79 Å². The third kappa shape index (κ3) is 4.14. The van der Waals surface area contributed by atoms with Gasteiger partial charge in [0.2, 0.25) is 5.90 Å². The average Bonchev–Trinajstić information content (AvgIpc) is 3.02. The third-order valence-electron chi connectivity index (χ3n) is 3.70. The maximum absolute atomic E-state index is 12.1. The topological polar surface area (TPSA) is 83.4 Å². The second kappa shape index (κ2) is 7.74. The normalized spacial score (nSPS) is 14.6. The Labute approximate surface area is 155 Å². The fourth-order valence-corrected chi connectivity index (χ4v) is 2.46. The van der Waals surface area contributed by atoms with Gasteiger partial charge in [0.25, 0.3) is 0 Å². The molecule has 0 atom stereocenters. The minimum Gasteiger partial charge on any atom is -0.493 e. The molecule has 3 rings (SSSR count). The number of hydrogen-bond acceptors (Lipinski definition) is 7. The first-order valence-corrected chi connectivity index (χ1v) is 8.03. The maximum atomic E-state index is 12.1. The molecule has 7 nitrogen and oxygen atoms in total. The second-order valence-electron chi connectivity index (χ2n) is 5.57. The van der Waals surface area contributed by atoms with Gasteiger partial charge in [0.1, 0.15) is 5.75 Å². The zero-order valence-electron chi connectivity index (χ0n) is 15.0. The Balaban J connectivity index is 1.85. The molecule has 1 heterocycles. The molecule has 0 amide bonds. The van der Waals surface area contributed by atoms with Gasteiger partial charge in [0.15, 0.2) is 17.2 Å². The minimum atomic E-state index is -0.552. The van der Waals surface area contributed by atoms with Gasteiger partial charge in [-0.15, -0.1) is 0 Å². The molecule has 27 heavy (non-hydrogen) atoms. The van der Waals surface area contributed by atoms with E-state index in [1.54, 1.807) is 48.5 Å². The van der Waals surface area contributed by atoms with E-state index in [2.05, 4.69) is 4.99 Å². The standard InChI is InChI=1S/C20H17NO6/c1-12(22)26-15-7-4-13(5-8-15)10-16-20(23)27-19(21-16)14-6-9-17(24-2)18(11-14)25-3/h4-11H,1-3H3/b16-10+. The zero-order chi connectivity index (χ0) is 19.4. The van der Waals surface area contributed by atoms with Gasteiger partial charge >= 0.3 is 11.9 Å². The summed E-state index contributed by atoms with van der Waals surface area (Å²) in [6, 6.07) is 11.8. The van der Waals surface area contributed by atoms with Crippen LogP contribution in [0, 0.1) is 0 Å². The van der Waals surface area contributed by atoms with Crippen molar-refractivity contribution in [3.63, 3.8) is 0 Å². The average molecular weight is 367 g/mol. The van der Waals surface area contributed by atoms with Crippen LogP contribution in [0.15, 0.2) is 53.2 Å². The molecule has 0 radical (unpaired) electrons. The lowest BCUT2D eigenvalue weighted by molar-refractivity contribution is -0.132. The van der Waals surface area contributed by atoms with Gasteiger partial charge in [-0.25, -0.2) is 9.79 Å². The van der Waals surface area contributed by atoms with Crippen molar-refractivity contribution in [1.82, 2.24) is 0 Å². The first kappa shape index (κ1) is 18.2. The van der Waals surface area contributed by atoms with Gasteiger partial charge in [-0.05, 0) is 42.0 Å². The van der Waals surface area contributed by atoms with Crippen molar-refractivity contribution >= 4 is 23.9 Å². The first-order valence-electron chi connectivity index (χ1n) is 8.03. The van der Waals surface area contributed by atoms with Gasteiger partial charge in [-0.2, -0.15) is 0 Å². The molecule has 2 aromatic carbocycles. The van der Waals surface area contributed by atoms with E-state index in [1.807, 2.05) is 0 Å². The number of rotatable bonds is 5. The van der Waals surface area contributed by atoms with Crippen molar-refractivity contribution in [3.05, 3.63) is 59.3 Å². The smallest absolute Gasteiger partial charge is 0.363 e. The highest BCUT2D eigenvalue weighted by atomic mass is 16.6. The third-order valence-corrected chi connectivity index (χ3v) is 3.70. The number of methoxy groups -OCH3 is 2. The summed E-state index contributed by atoms with van der Waals surface area (Å²) in [7, 11) is 3.06. The predicted molar refractivity (Wildman–Crippen MR) is 97.9 cm³/mol. The van der Waals surface area contributed by atoms with Crippen LogP contribution in [-0.2, 0) is 14.3 Å². The Morgan fingerprint density at radius 2 is 1.74 bits per heavy atom. The van der Waals surface area contributed by atoms with Gasteiger partial charge in [-0.1, -0.05) is 12.1 Å². The molecular formula is C20H17NO6. The summed E-state index contributed by atoms with van der Waals surface area (Å²) in [5, 5.41) is 0. The van der Waals surface area contributed by atoms with E-state index in [-0.39, 0.29) is 11.6 Å². The van der Waals surface area contributed by atoms with E-state index in [0.29, 0.717) is 22.8 Å². The van der Waals surface area contributed by atoms with E-state index in [0.717, 1.165) is 5.56 Å². The highest BCUT2D eigenvalue weighted by Crippen LogP contribution is 2.29. The summed E-state index contributed by atoms with van der Waals surface area (Å²) in [6.07, 6.45) is 1.59. The fraction of sp³-hybridized carbons (Fsp3) is 0.150. The van der Waals surface area contributed by atoms with Gasteiger partial charge in [0, 0.05) is 12.5 Å². The number of nitrogens with zero attached hydrogens (tertiary/aromatic N) is 1. The summed E-state index contributed by atoms with van der Waals surface area (Å²) >= 11 is 0. The van der Waals surface area contributed by atoms with Gasteiger partial charge in [0.05, 0.1) is 14.2 Å². The van der Waals surface area contributed by atoms with Crippen LogP contribution in [0.3, 0.4) is 0 Å². The molecular weight excluding hydrogens is 350 g/mol. The van der Waals surface area contributed by atoms with Crippen LogP contribution in [-0.4, -0.2) is 32.1 Å². The number of aliphatic imine (C=N–C) groups is 1. The quantitative estimate of drug-likeness (QED) is 0.459. The summed E-state index contributed by atoms with van der Waals surface area (Å²) < 4.78 is 20.7. The highest BCUT2D eigenvalue weighted by molar-refractivity contribution is 6.13. The zero-order valence-corrected chi connectivity index (χ0v) is 15.0. The summed E-state index contributed by atoms with van der Waals surface area (Å²) in [4.78, 5) is 27.3. The lowest BCUT2D eigenvalue weighted by Crippen LogP contribution is -2.06. The van der Waals surface area contributed by atoms with E-state index in [4.69, 9.17) is 18.9 Å². The van der Waals surface area contributed by atoms with E-state index < -0.39 is 11.9 Å². The second-order valence-corrected chi connectivity index (χ2v) is 5.57. The predicted octanol–water partition coefficient (Wildman–Crippen LogP) is 2.97. The summed E-state index contributed by atoms with van der Waals surface area (Å²) in [6.45, 7) is 1.33. The number of hydrogen-bond donors (Lipinski definition) is 0. The van der Waals surface area contributed by atoms with Crippen LogP contribution in [0.5, 0.6) is 17.2 Å². The number of carbonyl (C=O) groups is 2. The maximum Gasteiger partial charge on any atom is 0.363 e. The molecule has 0 unspecified atom stereocenters. The van der Waals surface area contributed by atoms with Crippen molar-refractivity contribution in [2.24, 2.45) is 4.99 Å². The van der Waals surface area contributed by atoms with E-state index in [9.17, 15) is 9.59 Å². The van der Waals surface area contributed by atoms with Crippen LogP contribution in [0.1, 0.15) is 18.1 Å². The lowest BCUT2D eigenvalue weighted by Gasteiger charge is -2.08. The first-order chi connectivity index (χ1) is 13.0. The number of esters is 2. The van der Waals surface area contributed by atoms with Crippen molar-refractivity contribution < 1.29 is 28.5 Å². The van der Waals surface area contributed by atoms with E-state index in [1.165, 1.54) is 21.1 Å². The van der Waals surface area contributed by atoms with Crippen molar-refractivity contribution in [1.29, 1.82) is 0 Å². The van der Waals surface area contributed by atoms with Crippen LogP contribution < -0.4 is 14.2 Å². The minimum absolute atomic E-state index is 0.167. The number of benzene rings is 2. The molecule has 2 aromatic rings. The largest absolute Gasteiger partial charge is 0.493 e. The Kier molecular flexibility index (Phi) is 5.21. The SMILES string of the molecule is COc1ccc(C2=N/C(=C/c3ccc(OC(C)=O)cc3)C(=O)O2)cc1OC. The molecule has 0 saturated heterocycles. The monoisotopic (exact) mass is 367 g/mol. The lowest BCUT2D eigenvalue weighted by atomic mass is 10.2. The van der Waals surface area contributed by atoms with Crippen molar-refractivity contribution in [2.75, 3.05) is 14.2 Å². The molecule has 138 valence electrons. The number of ether oxygens (including phenoxy) is 4. The summed E-state index contributed by atoms with van der Waals surface area (Å²) in [5.41, 5.74) is 1.48. The number of cyclic esters (lactones) is 1. The molecule has 0 spiro atoms. The Morgan fingerprint density at radius 3 is 2.37 bits per heavy atom.